The first-order chi connectivity index (χ1) is 9.55. The second-order valence-corrected chi connectivity index (χ2v) is 6.49. The van der Waals surface area contributed by atoms with Gasteiger partial charge >= 0.3 is 0 Å². The first kappa shape index (κ1) is 15.5. The molecule has 1 aliphatic heterocycles. The summed E-state index contributed by atoms with van der Waals surface area (Å²) in [6.45, 7) is 12.5. The Morgan fingerprint density at radius 3 is 2.55 bits per heavy atom. The van der Waals surface area contributed by atoms with E-state index in [2.05, 4.69) is 49.0 Å². The van der Waals surface area contributed by atoms with Crippen molar-refractivity contribution in [3.05, 3.63) is 29.6 Å². The van der Waals surface area contributed by atoms with Crippen LogP contribution < -0.4 is 5.32 Å². The molecule has 1 aromatic heterocycles. The Morgan fingerprint density at radius 1 is 1.25 bits per heavy atom. The number of pyridine rings is 1. The lowest BCUT2D eigenvalue weighted by atomic mass is 9.85. The topological polar surface area (TPSA) is 28.2 Å². The van der Waals surface area contributed by atoms with E-state index < -0.39 is 0 Å². The molecule has 1 atom stereocenters. The standard InChI is InChI=1S/C17H29N3/c1-5-19-16(15-11-14(2)12-18-13-15)17(3,4)20-9-7-6-8-10-20/h11-13,16,19H,5-10H2,1-4H3. The van der Waals surface area contributed by atoms with Gasteiger partial charge in [0.25, 0.3) is 0 Å². The highest BCUT2D eigenvalue weighted by Crippen LogP contribution is 2.33. The number of likely N-dealkylation sites (tertiary alicyclic amines) is 1. The largest absolute Gasteiger partial charge is 0.309 e. The van der Waals surface area contributed by atoms with Gasteiger partial charge in [-0.2, -0.15) is 0 Å². The third-order valence-corrected chi connectivity index (χ3v) is 4.52. The fourth-order valence-corrected chi connectivity index (χ4v) is 3.37. The zero-order chi connectivity index (χ0) is 14.6. The van der Waals surface area contributed by atoms with E-state index in [1.165, 1.54) is 43.5 Å². The van der Waals surface area contributed by atoms with Crippen LogP contribution in [0.4, 0.5) is 0 Å². The van der Waals surface area contributed by atoms with Crippen LogP contribution in [0.2, 0.25) is 0 Å². The summed E-state index contributed by atoms with van der Waals surface area (Å²) in [5.74, 6) is 0. The average molecular weight is 275 g/mol. The van der Waals surface area contributed by atoms with Crippen LogP contribution in [0.15, 0.2) is 18.5 Å². The van der Waals surface area contributed by atoms with Crippen molar-refractivity contribution >= 4 is 0 Å². The van der Waals surface area contributed by atoms with Crippen LogP contribution in [0.5, 0.6) is 0 Å². The van der Waals surface area contributed by atoms with Gasteiger partial charge in [0.15, 0.2) is 0 Å². The van der Waals surface area contributed by atoms with Crippen LogP contribution in [0, 0.1) is 6.92 Å². The predicted molar refractivity (Wildman–Crippen MR) is 84.9 cm³/mol. The fourth-order valence-electron chi connectivity index (χ4n) is 3.37. The van der Waals surface area contributed by atoms with Crippen molar-refractivity contribution in [3.63, 3.8) is 0 Å². The molecule has 0 radical (unpaired) electrons. The first-order valence-electron chi connectivity index (χ1n) is 7.95. The normalized spacial score (nSPS) is 19.0. The average Bonchev–Trinajstić information content (AvgIpc) is 2.45. The van der Waals surface area contributed by atoms with Crippen LogP contribution in [-0.4, -0.2) is 35.1 Å². The predicted octanol–water partition coefficient (Wildman–Crippen LogP) is 3.31. The molecule has 112 valence electrons. The highest BCUT2D eigenvalue weighted by Gasteiger charge is 2.36. The Kier molecular flexibility index (Phi) is 5.17. The summed E-state index contributed by atoms with van der Waals surface area (Å²) in [6.07, 6.45) is 7.99. The molecule has 0 aromatic carbocycles. The molecule has 1 unspecified atom stereocenters. The van der Waals surface area contributed by atoms with E-state index >= 15 is 0 Å². The van der Waals surface area contributed by atoms with Crippen molar-refractivity contribution in [1.29, 1.82) is 0 Å². The molecule has 3 nitrogen and oxygen atoms in total. The van der Waals surface area contributed by atoms with E-state index in [1.54, 1.807) is 0 Å². The minimum absolute atomic E-state index is 0.117. The highest BCUT2D eigenvalue weighted by molar-refractivity contribution is 5.23. The second kappa shape index (κ2) is 6.68. The molecule has 0 amide bonds. The fraction of sp³-hybridized carbons (Fsp3) is 0.706. The molecule has 2 heterocycles. The van der Waals surface area contributed by atoms with Crippen molar-refractivity contribution in [3.8, 4) is 0 Å². The van der Waals surface area contributed by atoms with Crippen LogP contribution in [0.1, 0.15) is 57.2 Å². The van der Waals surface area contributed by atoms with Gasteiger partial charge in [0.2, 0.25) is 0 Å². The Bertz CT molecular complexity index is 422. The van der Waals surface area contributed by atoms with Crippen molar-refractivity contribution in [2.75, 3.05) is 19.6 Å². The Balaban J connectivity index is 2.26. The summed E-state index contributed by atoms with van der Waals surface area (Å²) in [4.78, 5) is 7.03. The summed E-state index contributed by atoms with van der Waals surface area (Å²) >= 11 is 0. The number of nitrogens with one attached hydrogen (secondary N) is 1. The molecule has 1 aromatic rings. The van der Waals surface area contributed by atoms with E-state index in [1.807, 2.05) is 12.4 Å². The van der Waals surface area contributed by atoms with Crippen molar-refractivity contribution in [2.45, 2.75) is 58.5 Å². The lowest BCUT2D eigenvalue weighted by Gasteiger charge is -2.46. The van der Waals surface area contributed by atoms with Crippen LogP contribution in [0.3, 0.4) is 0 Å². The summed E-state index contributed by atoms with van der Waals surface area (Å²) in [7, 11) is 0. The molecule has 3 heteroatoms. The number of hydrogen-bond acceptors (Lipinski definition) is 3. The van der Waals surface area contributed by atoms with Crippen LogP contribution in [0.25, 0.3) is 0 Å². The number of rotatable bonds is 5. The summed E-state index contributed by atoms with van der Waals surface area (Å²) in [5, 5.41) is 3.68. The lowest BCUT2D eigenvalue weighted by Crippen LogP contribution is -2.54. The molecule has 0 saturated carbocycles. The van der Waals surface area contributed by atoms with Crippen molar-refractivity contribution in [2.24, 2.45) is 0 Å². The summed E-state index contributed by atoms with van der Waals surface area (Å²) in [6, 6.07) is 2.60. The monoisotopic (exact) mass is 275 g/mol. The molecule has 2 rings (SSSR count). The molecule has 0 aliphatic carbocycles. The third kappa shape index (κ3) is 3.39. The molecular weight excluding hydrogens is 246 g/mol. The molecule has 20 heavy (non-hydrogen) atoms. The van der Waals surface area contributed by atoms with Gasteiger partial charge in [0.1, 0.15) is 0 Å². The van der Waals surface area contributed by atoms with Crippen LogP contribution in [-0.2, 0) is 0 Å². The molecule has 0 bridgehead atoms. The maximum absolute atomic E-state index is 4.39. The minimum atomic E-state index is 0.117. The maximum atomic E-state index is 4.39. The van der Waals surface area contributed by atoms with Crippen LogP contribution >= 0.6 is 0 Å². The number of nitrogens with zero attached hydrogens (tertiary/aromatic N) is 2. The number of hydrogen-bond donors (Lipinski definition) is 1. The van der Waals surface area contributed by atoms with E-state index in [0.29, 0.717) is 6.04 Å². The molecule has 1 N–H and O–H groups in total. The van der Waals surface area contributed by atoms with Gasteiger partial charge in [-0.3, -0.25) is 9.88 Å². The third-order valence-electron chi connectivity index (χ3n) is 4.52. The first-order valence-corrected chi connectivity index (χ1v) is 7.95. The molecule has 1 aliphatic rings. The van der Waals surface area contributed by atoms with Crippen molar-refractivity contribution in [1.82, 2.24) is 15.2 Å². The van der Waals surface area contributed by atoms with Gasteiger partial charge in [0.05, 0.1) is 6.04 Å². The molecule has 1 saturated heterocycles. The van der Waals surface area contributed by atoms with Gasteiger partial charge in [-0.15, -0.1) is 0 Å². The number of piperidine rings is 1. The Labute approximate surface area is 123 Å². The second-order valence-electron chi connectivity index (χ2n) is 6.49. The molecular formula is C17H29N3. The number of likely N-dealkylation sites (N-methyl/N-ethyl adjacent to an activating group) is 1. The quantitative estimate of drug-likeness (QED) is 0.893. The summed E-state index contributed by atoms with van der Waals surface area (Å²) < 4.78 is 0. The van der Waals surface area contributed by atoms with Crippen molar-refractivity contribution < 1.29 is 0 Å². The zero-order valence-electron chi connectivity index (χ0n) is 13.4. The van der Waals surface area contributed by atoms with Gasteiger partial charge in [-0.25, -0.2) is 0 Å². The minimum Gasteiger partial charge on any atom is -0.309 e. The smallest absolute Gasteiger partial charge is 0.0517 e. The SMILES string of the molecule is CCNC(c1cncc(C)c1)C(C)(C)N1CCCCC1. The van der Waals surface area contributed by atoms with Gasteiger partial charge < -0.3 is 5.32 Å². The Hall–Kier alpha value is -0.930. The van der Waals surface area contributed by atoms with E-state index in [-0.39, 0.29) is 5.54 Å². The zero-order valence-corrected chi connectivity index (χ0v) is 13.4. The van der Waals surface area contributed by atoms with E-state index in [0.717, 1.165) is 6.54 Å². The molecule has 1 fully saturated rings. The maximum Gasteiger partial charge on any atom is 0.0517 e. The van der Waals surface area contributed by atoms with Gasteiger partial charge in [-0.1, -0.05) is 19.4 Å². The lowest BCUT2D eigenvalue weighted by molar-refractivity contribution is 0.0612. The van der Waals surface area contributed by atoms with E-state index in [9.17, 15) is 0 Å². The number of aromatic nitrogens is 1. The molecule has 0 spiro atoms. The van der Waals surface area contributed by atoms with Gasteiger partial charge in [-0.05, 0) is 64.4 Å². The van der Waals surface area contributed by atoms with E-state index in [4.69, 9.17) is 0 Å². The summed E-state index contributed by atoms with van der Waals surface area (Å²) in [5.41, 5.74) is 2.66. The Morgan fingerprint density at radius 2 is 1.95 bits per heavy atom. The number of aryl methyl sites for hydroxylation is 1. The highest BCUT2D eigenvalue weighted by atomic mass is 15.2. The van der Waals surface area contributed by atoms with Gasteiger partial charge in [0, 0.05) is 17.9 Å².